The van der Waals surface area contributed by atoms with Crippen LogP contribution in [0, 0.1) is 5.92 Å². The average Bonchev–Trinajstić information content (AvgIpc) is 2.99. The Balaban J connectivity index is 1.14. The first kappa shape index (κ1) is 29.7. The van der Waals surface area contributed by atoms with Crippen LogP contribution in [0.25, 0.3) is 0 Å². The number of hydrogen-bond donors (Lipinski definition) is 0. The number of benzene rings is 3. The molecule has 2 heterocycles. The molecular formula is C35H45N3O2S. The van der Waals surface area contributed by atoms with Gasteiger partial charge in [-0.2, -0.15) is 0 Å². The molecule has 1 amide bonds. The Morgan fingerprint density at radius 1 is 0.927 bits per heavy atom. The number of nitrogens with zero attached hydrogens (tertiary/aromatic N) is 3. The largest absolute Gasteiger partial charge is 0.494 e. The van der Waals surface area contributed by atoms with E-state index < -0.39 is 4.75 Å². The number of carbonyl (C=O) groups excluding carboxylic acids is 1. The molecule has 2 aliphatic rings. The summed E-state index contributed by atoms with van der Waals surface area (Å²) in [6.07, 6.45) is 6.53. The van der Waals surface area contributed by atoms with Crippen LogP contribution in [0.3, 0.4) is 0 Å². The van der Waals surface area contributed by atoms with Crippen molar-refractivity contribution in [2.45, 2.75) is 48.2 Å². The molecule has 6 heteroatoms. The lowest BCUT2D eigenvalue weighted by Gasteiger charge is -2.41. The third-order valence-electron chi connectivity index (χ3n) is 8.58. The van der Waals surface area contributed by atoms with Gasteiger partial charge in [0.1, 0.15) is 10.5 Å². The van der Waals surface area contributed by atoms with Gasteiger partial charge in [0.15, 0.2) is 0 Å². The van der Waals surface area contributed by atoms with Crippen LogP contribution < -0.4 is 9.64 Å². The number of piperidine rings is 1. The summed E-state index contributed by atoms with van der Waals surface area (Å²) in [4.78, 5) is 21.7. The Morgan fingerprint density at radius 3 is 2.37 bits per heavy atom. The molecule has 5 rings (SSSR count). The SMILES string of the molecule is CN(C)CCCC1(c2ccc(OCCCN3CCC(Cc4ccccc4)CC3)cc2)Sc2ccccc2N(C)C1=O. The number of para-hydroxylation sites is 1. The smallest absolute Gasteiger partial charge is 0.247 e. The Bertz CT molecular complexity index is 1260. The number of fused-ring (bicyclic) bond motifs is 1. The van der Waals surface area contributed by atoms with E-state index in [4.69, 9.17) is 4.74 Å². The van der Waals surface area contributed by atoms with E-state index in [9.17, 15) is 4.79 Å². The third kappa shape index (κ3) is 7.35. The summed E-state index contributed by atoms with van der Waals surface area (Å²) in [6.45, 7) is 5.12. The fraction of sp³-hybridized carbons (Fsp3) is 0.457. The molecule has 1 atom stereocenters. The van der Waals surface area contributed by atoms with Gasteiger partial charge < -0.3 is 19.4 Å². The molecule has 0 radical (unpaired) electrons. The molecule has 5 nitrogen and oxygen atoms in total. The van der Waals surface area contributed by atoms with Gasteiger partial charge in [-0.05, 0) is 114 Å². The number of hydrogen-bond acceptors (Lipinski definition) is 5. The molecule has 1 fully saturated rings. The molecule has 218 valence electrons. The zero-order valence-corrected chi connectivity index (χ0v) is 25.7. The Hall–Kier alpha value is -2.80. The van der Waals surface area contributed by atoms with Crippen molar-refractivity contribution in [2.75, 3.05) is 58.8 Å². The van der Waals surface area contributed by atoms with E-state index in [-0.39, 0.29) is 5.91 Å². The number of rotatable bonds is 12. The average molecular weight is 572 g/mol. The van der Waals surface area contributed by atoms with Crippen LogP contribution in [0.15, 0.2) is 83.8 Å². The minimum absolute atomic E-state index is 0.154. The number of carbonyl (C=O) groups is 1. The van der Waals surface area contributed by atoms with Crippen molar-refractivity contribution in [3.8, 4) is 5.75 Å². The number of amides is 1. The van der Waals surface area contributed by atoms with Crippen LogP contribution in [-0.2, 0) is 16.0 Å². The standard InChI is InChI=1S/C35H45N3O2S/c1-36(2)22-9-21-35(34(39)37(3)32-13-7-8-14-33(32)41-35)30-15-17-31(18-16-30)40-26-10-23-38-24-19-29(20-25-38)27-28-11-5-4-6-12-28/h4-8,11-18,29H,9-10,19-27H2,1-3H3. The van der Waals surface area contributed by atoms with Crippen molar-refractivity contribution in [1.29, 1.82) is 0 Å². The third-order valence-corrected chi connectivity index (χ3v) is 10.1. The highest BCUT2D eigenvalue weighted by Gasteiger charge is 2.47. The summed E-state index contributed by atoms with van der Waals surface area (Å²) >= 11 is 1.71. The second-order valence-corrected chi connectivity index (χ2v) is 13.2. The minimum atomic E-state index is -0.635. The van der Waals surface area contributed by atoms with Gasteiger partial charge in [0.2, 0.25) is 5.91 Å². The molecule has 2 aliphatic heterocycles. The summed E-state index contributed by atoms with van der Waals surface area (Å²) < 4.78 is 5.52. The van der Waals surface area contributed by atoms with Gasteiger partial charge in [-0.15, -0.1) is 11.8 Å². The molecule has 0 aromatic heterocycles. The highest BCUT2D eigenvalue weighted by molar-refractivity contribution is 8.01. The lowest BCUT2D eigenvalue weighted by molar-refractivity contribution is -0.121. The fourth-order valence-electron chi connectivity index (χ4n) is 6.22. The second-order valence-electron chi connectivity index (χ2n) is 11.9. The van der Waals surface area contributed by atoms with E-state index in [1.54, 1.807) is 11.8 Å². The van der Waals surface area contributed by atoms with E-state index in [1.807, 2.05) is 36.2 Å². The highest BCUT2D eigenvalue weighted by atomic mass is 32.2. The molecule has 3 aromatic rings. The second kappa shape index (κ2) is 13.9. The molecule has 0 bridgehead atoms. The summed E-state index contributed by atoms with van der Waals surface area (Å²) in [7, 11) is 6.08. The van der Waals surface area contributed by atoms with Crippen LogP contribution >= 0.6 is 11.8 Å². The predicted molar refractivity (Wildman–Crippen MR) is 171 cm³/mol. The van der Waals surface area contributed by atoms with Gasteiger partial charge >= 0.3 is 0 Å². The molecule has 1 unspecified atom stereocenters. The first-order chi connectivity index (χ1) is 19.9. The van der Waals surface area contributed by atoms with Crippen molar-refractivity contribution in [2.24, 2.45) is 5.92 Å². The van der Waals surface area contributed by atoms with Crippen LogP contribution in [-0.4, -0.2) is 69.6 Å². The van der Waals surface area contributed by atoms with Crippen molar-refractivity contribution in [3.05, 3.63) is 90.0 Å². The van der Waals surface area contributed by atoms with E-state index in [2.05, 4.69) is 78.5 Å². The first-order valence-electron chi connectivity index (χ1n) is 15.2. The first-order valence-corrected chi connectivity index (χ1v) is 16.0. The molecule has 1 saturated heterocycles. The maximum Gasteiger partial charge on any atom is 0.247 e. The van der Waals surface area contributed by atoms with Gasteiger partial charge in [0.25, 0.3) is 0 Å². The molecule has 3 aromatic carbocycles. The predicted octanol–water partition coefficient (Wildman–Crippen LogP) is 6.72. The Labute approximate surface area is 250 Å². The summed E-state index contributed by atoms with van der Waals surface area (Å²) in [6, 6.07) is 27.4. The van der Waals surface area contributed by atoms with Crippen LogP contribution in [0.4, 0.5) is 5.69 Å². The fourth-order valence-corrected chi connectivity index (χ4v) is 7.78. The van der Waals surface area contributed by atoms with Gasteiger partial charge in [-0.3, -0.25) is 4.79 Å². The van der Waals surface area contributed by atoms with Gasteiger partial charge in [-0.1, -0.05) is 54.6 Å². The summed E-state index contributed by atoms with van der Waals surface area (Å²) in [5, 5.41) is 0. The molecule has 0 aliphatic carbocycles. The normalized spacial score (nSPS) is 19.9. The topological polar surface area (TPSA) is 36.0 Å². The zero-order valence-electron chi connectivity index (χ0n) is 24.9. The Kier molecular flexibility index (Phi) is 10.1. The lowest BCUT2D eigenvalue weighted by Crippen LogP contribution is -2.46. The van der Waals surface area contributed by atoms with E-state index >= 15 is 0 Å². The van der Waals surface area contributed by atoms with E-state index in [1.165, 1.54) is 37.9 Å². The van der Waals surface area contributed by atoms with Gasteiger partial charge in [0.05, 0.1) is 12.3 Å². The quantitative estimate of drug-likeness (QED) is 0.226. The number of ether oxygens (including phenoxy) is 1. The minimum Gasteiger partial charge on any atom is -0.494 e. The number of likely N-dealkylation sites (N-methyl/N-ethyl adjacent to an activating group) is 1. The van der Waals surface area contributed by atoms with Crippen LogP contribution in [0.1, 0.15) is 43.2 Å². The summed E-state index contributed by atoms with van der Waals surface area (Å²) in [5.74, 6) is 1.83. The molecule has 0 N–H and O–H groups in total. The van der Waals surface area contributed by atoms with Gasteiger partial charge in [-0.25, -0.2) is 0 Å². The summed E-state index contributed by atoms with van der Waals surface area (Å²) in [5.41, 5.74) is 3.51. The maximum atomic E-state index is 13.9. The van der Waals surface area contributed by atoms with Crippen molar-refractivity contribution in [1.82, 2.24) is 9.80 Å². The van der Waals surface area contributed by atoms with Crippen molar-refractivity contribution in [3.63, 3.8) is 0 Å². The lowest BCUT2D eigenvalue weighted by atomic mass is 9.90. The zero-order chi connectivity index (χ0) is 28.7. The van der Waals surface area contributed by atoms with Crippen LogP contribution in [0.2, 0.25) is 0 Å². The highest BCUT2D eigenvalue weighted by Crippen LogP contribution is 2.53. The number of likely N-dealkylation sites (tertiary alicyclic amines) is 1. The Morgan fingerprint density at radius 2 is 1.63 bits per heavy atom. The molecular weight excluding hydrogens is 526 g/mol. The van der Waals surface area contributed by atoms with Gasteiger partial charge in [0, 0.05) is 18.5 Å². The van der Waals surface area contributed by atoms with Crippen LogP contribution in [0.5, 0.6) is 5.75 Å². The molecule has 41 heavy (non-hydrogen) atoms. The molecule has 0 spiro atoms. The van der Waals surface area contributed by atoms with Crippen molar-refractivity contribution < 1.29 is 9.53 Å². The molecule has 0 saturated carbocycles. The number of anilines is 1. The number of thioether (sulfide) groups is 1. The maximum absolute atomic E-state index is 13.9. The van der Waals surface area contributed by atoms with E-state index in [0.717, 1.165) is 60.2 Å². The van der Waals surface area contributed by atoms with Crippen molar-refractivity contribution >= 4 is 23.4 Å². The van der Waals surface area contributed by atoms with E-state index in [0.29, 0.717) is 6.61 Å². The monoisotopic (exact) mass is 571 g/mol.